The summed E-state index contributed by atoms with van der Waals surface area (Å²) >= 11 is 5.97. The number of piperidine rings is 1. The topological polar surface area (TPSA) is 78.9 Å². The van der Waals surface area contributed by atoms with E-state index in [-0.39, 0.29) is 35.3 Å². The van der Waals surface area contributed by atoms with E-state index < -0.39 is 5.60 Å². The fourth-order valence-electron chi connectivity index (χ4n) is 4.60. The number of anilines is 1. The Balaban J connectivity index is 1.56. The first-order valence-electron chi connectivity index (χ1n) is 9.70. The molecule has 8 nitrogen and oxygen atoms in total. The highest BCUT2D eigenvalue weighted by atomic mass is 35.5. The van der Waals surface area contributed by atoms with Crippen molar-refractivity contribution in [2.75, 3.05) is 18.6 Å². The molecular weight excluding hydrogens is 382 g/mol. The van der Waals surface area contributed by atoms with Crippen LogP contribution < -0.4 is 4.90 Å². The van der Waals surface area contributed by atoms with Crippen molar-refractivity contribution in [2.45, 2.75) is 70.2 Å². The average Bonchev–Trinajstić information content (AvgIpc) is 2.87. The molecule has 3 aliphatic heterocycles. The highest BCUT2D eigenvalue weighted by Crippen LogP contribution is 2.40. The van der Waals surface area contributed by atoms with Crippen molar-refractivity contribution in [2.24, 2.45) is 0 Å². The van der Waals surface area contributed by atoms with E-state index in [1.54, 1.807) is 18.0 Å². The highest BCUT2D eigenvalue weighted by molar-refractivity contribution is 6.29. The molecule has 0 spiro atoms. The van der Waals surface area contributed by atoms with Crippen LogP contribution in [0.15, 0.2) is 6.07 Å². The Morgan fingerprint density at radius 1 is 1.18 bits per heavy atom. The third-order valence-corrected chi connectivity index (χ3v) is 5.90. The van der Waals surface area contributed by atoms with Gasteiger partial charge in [-0.2, -0.15) is 0 Å². The van der Waals surface area contributed by atoms with Crippen LogP contribution >= 0.6 is 11.6 Å². The van der Waals surface area contributed by atoms with Gasteiger partial charge in [-0.3, -0.25) is 4.79 Å². The smallest absolute Gasteiger partial charge is 0.410 e. The molecule has 3 atom stereocenters. The second kappa shape index (κ2) is 6.76. The zero-order valence-corrected chi connectivity index (χ0v) is 17.4. The third-order valence-electron chi connectivity index (χ3n) is 5.71. The Bertz CT molecular complexity index is 797. The number of amides is 2. The number of carbonyl (C=O) groups is 2. The number of hydrogen-bond acceptors (Lipinski definition) is 6. The van der Waals surface area contributed by atoms with Crippen molar-refractivity contribution in [1.29, 1.82) is 0 Å². The molecule has 0 radical (unpaired) electrons. The van der Waals surface area contributed by atoms with Gasteiger partial charge in [0.05, 0.1) is 12.2 Å². The van der Waals surface area contributed by atoms with Crippen molar-refractivity contribution >= 4 is 29.4 Å². The van der Waals surface area contributed by atoms with Gasteiger partial charge in [-0.1, -0.05) is 11.6 Å². The number of fused-ring (bicyclic) bond motifs is 3. The van der Waals surface area contributed by atoms with Gasteiger partial charge in [0.15, 0.2) is 11.0 Å². The lowest BCUT2D eigenvalue weighted by molar-refractivity contribution is 0.00550. The number of carbonyl (C=O) groups excluding carboxylic acids is 2. The van der Waals surface area contributed by atoms with Crippen molar-refractivity contribution in [3.63, 3.8) is 0 Å². The van der Waals surface area contributed by atoms with Gasteiger partial charge in [0.25, 0.3) is 5.91 Å². The SMILES string of the molecule is CN1CN(C2C[C@H]3CC[C@@H](C2)N3C(=O)OC(C)(C)C)c2nnc(Cl)cc2C1=O. The molecule has 0 saturated carbocycles. The molecule has 28 heavy (non-hydrogen) atoms. The molecule has 9 heteroatoms. The van der Waals surface area contributed by atoms with Crippen molar-refractivity contribution in [3.05, 3.63) is 16.8 Å². The van der Waals surface area contributed by atoms with E-state index in [0.717, 1.165) is 25.7 Å². The number of aromatic nitrogens is 2. The highest BCUT2D eigenvalue weighted by Gasteiger charge is 2.47. The monoisotopic (exact) mass is 407 g/mol. The Hall–Kier alpha value is -2.09. The fraction of sp³-hybridized carbons (Fsp3) is 0.684. The molecule has 1 aromatic heterocycles. The Labute approximate surface area is 169 Å². The summed E-state index contributed by atoms with van der Waals surface area (Å²) in [5.41, 5.74) is -0.0208. The lowest BCUT2D eigenvalue weighted by atomic mass is 9.95. The minimum absolute atomic E-state index is 0.0998. The van der Waals surface area contributed by atoms with Crippen LogP contribution in [-0.4, -0.2) is 69.4 Å². The number of halogens is 1. The molecule has 152 valence electrons. The van der Waals surface area contributed by atoms with Crippen LogP contribution in [0.25, 0.3) is 0 Å². The van der Waals surface area contributed by atoms with Gasteiger partial charge >= 0.3 is 6.09 Å². The van der Waals surface area contributed by atoms with E-state index in [1.165, 1.54) is 0 Å². The van der Waals surface area contributed by atoms with E-state index in [2.05, 4.69) is 15.1 Å². The van der Waals surface area contributed by atoms with Gasteiger partial charge < -0.3 is 19.4 Å². The number of rotatable bonds is 1. The molecule has 3 aliphatic rings. The van der Waals surface area contributed by atoms with Crippen molar-refractivity contribution in [1.82, 2.24) is 20.0 Å². The van der Waals surface area contributed by atoms with Crippen LogP contribution in [-0.2, 0) is 4.74 Å². The Morgan fingerprint density at radius 2 is 1.82 bits per heavy atom. The zero-order chi connectivity index (χ0) is 20.2. The standard InChI is InChI=1S/C19H26ClN5O3/c1-19(2,3)28-18(27)25-11-5-6-12(25)8-13(7-11)24-10-23(4)17(26)14-9-15(20)21-22-16(14)24/h9,11-13H,5-8,10H2,1-4H3/t11-,12+,13?. The molecule has 0 aromatic carbocycles. The first-order chi connectivity index (χ1) is 13.1. The molecule has 1 aromatic rings. The van der Waals surface area contributed by atoms with Crippen LogP contribution in [0.4, 0.5) is 10.6 Å². The van der Waals surface area contributed by atoms with Gasteiger partial charge in [0.1, 0.15) is 5.60 Å². The molecule has 0 aliphatic carbocycles. The summed E-state index contributed by atoms with van der Waals surface area (Å²) < 4.78 is 5.62. The molecule has 4 rings (SSSR count). The third kappa shape index (κ3) is 3.38. The predicted octanol–water partition coefficient (Wildman–Crippen LogP) is 2.91. The van der Waals surface area contributed by atoms with Crippen molar-refractivity contribution in [3.8, 4) is 0 Å². The van der Waals surface area contributed by atoms with E-state index >= 15 is 0 Å². The molecule has 2 saturated heterocycles. The lowest BCUT2D eigenvalue weighted by Gasteiger charge is -2.46. The molecule has 2 fully saturated rings. The molecule has 2 amide bonds. The Kier molecular flexibility index (Phi) is 4.64. The van der Waals surface area contributed by atoms with Crippen LogP contribution in [0.3, 0.4) is 0 Å². The second-order valence-corrected chi connectivity index (χ2v) is 9.30. The van der Waals surface area contributed by atoms with Gasteiger partial charge in [0.2, 0.25) is 0 Å². The Morgan fingerprint density at radius 3 is 2.43 bits per heavy atom. The maximum absolute atomic E-state index is 12.7. The fourth-order valence-corrected chi connectivity index (χ4v) is 4.75. The summed E-state index contributed by atoms with van der Waals surface area (Å²) in [5, 5.41) is 8.39. The van der Waals surface area contributed by atoms with Gasteiger partial charge in [-0.05, 0) is 52.5 Å². The van der Waals surface area contributed by atoms with Gasteiger partial charge in [-0.15, -0.1) is 10.2 Å². The van der Waals surface area contributed by atoms with Crippen LogP contribution in [0, 0.1) is 0 Å². The largest absolute Gasteiger partial charge is 0.444 e. The minimum Gasteiger partial charge on any atom is -0.444 e. The van der Waals surface area contributed by atoms with Crippen molar-refractivity contribution < 1.29 is 14.3 Å². The van der Waals surface area contributed by atoms with E-state index in [9.17, 15) is 9.59 Å². The molecule has 1 unspecified atom stereocenters. The van der Waals surface area contributed by atoms with Gasteiger partial charge in [-0.25, -0.2) is 4.79 Å². The number of hydrogen-bond donors (Lipinski definition) is 0. The molecule has 4 heterocycles. The zero-order valence-electron chi connectivity index (χ0n) is 16.7. The normalized spacial score (nSPS) is 27.1. The summed E-state index contributed by atoms with van der Waals surface area (Å²) in [5.74, 6) is 0.486. The van der Waals surface area contributed by atoms with Crippen LogP contribution in [0.1, 0.15) is 56.8 Å². The first kappa shape index (κ1) is 19.2. The summed E-state index contributed by atoms with van der Waals surface area (Å²) in [7, 11) is 1.77. The molecular formula is C19H26ClN5O3. The summed E-state index contributed by atoms with van der Waals surface area (Å²) in [6.45, 7) is 6.13. The molecule has 0 N–H and O–H groups in total. The van der Waals surface area contributed by atoms with E-state index in [1.807, 2.05) is 25.7 Å². The lowest BCUT2D eigenvalue weighted by Crippen LogP contribution is -2.57. The molecule has 2 bridgehead atoms. The number of ether oxygens (including phenoxy) is 1. The van der Waals surface area contributed by atoms with Gasteiger partial charge in [0, 0.05) is 25.2 Å². The first-order valence-corrected chi connectivity index (χ1v) is 10.1. The summed E-state index contributed by atoms with van der Waals surface area (Å²) in [6, 6.07) is 2.05. The minimum atomic E-state index is -0.503. The quantitative estimate of drug-likeness (QED) is 0.712. The van der Waals surface area contributed by atoms with Crippen LogP contribution in [0.5, 0.6) is 0 Å². The maximum atomic E-state index is 12.7. The van der Waals surface area contributed by atoms with Crippen LogP contribution in [0.2, 0.25) is 5.15 Å². The number of nitrogens with zero attached hydrogens (tertiary/aromatic N) is 5. The summed E-state index contributed by atoms with van der Waals surface area (Å²) in [4.78, 5) is 30.9. The summed E-state index contributed by atoms with van der Waals surface area (Å²) in [6.07, 6.45) is 3.37. The van der Waals surface area contributed by atoms with E-state index in [4.69, 9.17) is 16.3 Å². The second-order valence-electron chi connectivity index (χ2n) is 8.92. The average molecular weight is 408 g/mol. The predicted molar refractivity (Wildman–Crippen MR) is 104 cm³/mol. The maximum Gasteiger partial charge on any atom is 0.410 e. The van der Waals surface area contributed by atoms with E-state index in [0.29, 0.717) is 18.1 Å².